The summed E-state index contributed by atoms with van der Waals surface area (Å²) in [5.74, 6) is -0.687. The zero-order valence-electron chi connectivity index (χ0n) is 10.2. The van der Waals surface area contributed by atoms with Gasteiger partial charge in [0.05, 0.1) is 11.9 Å². The minimum atomic E-state index is -0.705. The van der Waals surface area contributed by atoms with Gasteiger partial charge in [-0.25, -0.2) is 15.2 Å². The van der Waals surface area contributed by atoms with Gasteiger partial charge in [-0.05, 0) is 12.1 Å². The predicted octanol–water partition coefficient (Wildman–Crippen LogP) is 0.649. The lowest BCUT2D eigenvalue weighted by atomic mass is 10.3. The van der Waals surface area contributed by atoms with E-state index in [4.69, 9.17) is 0 Å². The molecule has 0 saturated heterocycles. The van der Waals surface area contributed by atoms with Gasteiger partial charge in [-0.3, -0.25) is 15.2 Å². The monoisotopic (exact) mass is 273 g/mol. The number of hydrazine groups is 1. The molecule has 8 nitrogen and oxygen atoms in total. The molecular formula is C12H11N5O3. The fourth-order valence-corrected chi connectivity index (χ4v) is 1.33. The number of anilines is 1. The number of carbonyl (C=O) groups excluding carboxylic acids is 2. The van der Waals surface area contributed by atoms with Crippen LogP contribution in [0.4, 0.5) is 10.5 Å². The molecule has 20 heavy (non-hydrogen) atoms. The average Bonchev–Trinajstić information content (AvgIpc) is 2.48. The number of urea groups is 1. The molecule has 102 valence electrons. The van der Waals surface area contributed by atoms with Crippen LogP contribution < -0.4 is 16.2 Å². The molecule has 4 N–H and O–H groups in total. The molecule has 3 amide bonds. The number of hydrogen-bond acceptors (Lipinski definition) is 5. The van der Waals surface area contributed by atoms with Crippen LogP contribution in [0.1, 0.15) is 10.5 Å². The van der Waals surface area contributed by atoms with Gasteiger partial charge in [0, 0.05) is 12.4 Å². The fourth-order valence-electron chi connectivity index (χ4n) is 1.33. The van der Waals surface area contributed by atoms with Crippen LogP contribution in [-0.4, -0.2) is 27.0 Å². The third kappa shape index (κ3) is 3.42. The molecule has 0 unspecified atom stereocenters. The van der Waals surface area contributed by atoms with Crippen molar-refractivity contribution in [1.29, 1.82) is 0 Å². The van der Waals surface area contributed by atoms with Crippen molar-refractivity contribution in [3.63, 3.8) is 0 Å². The maximum Gasteiger partial charge on any atom is 0.338 e. The molecule has 0 aliphatic heterocycles. The molecule has 1 heterocycles. The number of rotatable bonds is 2. The number of benzene rings is 1. The lowest BCUT2D eigenvalue weighted by Crippen LogP contribution is -2.44. The van der Waals surface area contributed by atoms with Gasteiger partial charge in [0.15, 0.2) is 0 Å². The standard InChI is InChI=1S/C12H11N5O3/c18-10-4-2-1-3-8(10)15-12(20)17-16-11(19)9-7-13-5-6-14-9/h1-7,18H,(H,16,19)(H2,15,17,20). The second-order valence-electron chi connectivity index (χ2n) is 3.64. The van der Waals surface area contributed by atoms with Gasteiger partial charge in [0.1, 0.15) is 11.4 Å². The van der Waals surface area contributed by atoms with Crippen LogP contribution in [0.15, 0.2) is 42.9 Å². The number of nitrogens with one attached hydrogen (secondary N) is 3. The van der Waals surface area contributed by atoms with Crippen LogP contribution in [0, 0.1) is 0 Å². The number of amides is 3. The number of nitrogens with zero attached hydrogens (tertiary/aromatic N) is 2. The van der Waals surface area contributed by atoms with Crippen LogP contribution in [0.3, 0.4) is 0 Å². The smallest absolute Gasteiger partial charge is 0.338 e. The highest BCUT2D eigenvalue weighted by molar-refractivity contribution is 5.96. The van der Waals surface area contributed by atoms with Crippen molar-refractivity contribution in [2.24, 2.45) is 0 Å². The zero-order valence-corrected chi connectivity index (χ0v) is 10.2. The van der Waals surface area contributed by atoms with E-state index in [9.17, 15) is 14.7 Å². The number of hydrogen-bond donors (Lipinski definition) is 4. The van der Waals surface area contributed by atoms with Gasteiger partial charge in [-0.2, -0.15) is 0 Å². The second kappa shape index (κ2) is 6.14. The lowest BCUT2D eigenvalue weighted by Gasteiger charge is -2.09. The minimum absolute atomic E-state index is 0.0651. The number of para-hydroxylation sites is 2. The first kappa shape index (κ1) is 13.3. The number of carbonyl (C=O) groups is 2. The fraction of sp³-hybridized carbons (Fsp3) is 0. The number of phenolic OH excluding ortho intramolecular Hbond substituents is 1. The molecule has 0 aliphatic carbocycles. The van der Waals surface area contributed by atoms with Crippen molar-refractivity contribution >= 4 is 17.6 Å². The molecule has 0 bridgehead atoms. The molecule has 0 atom stereocenters. The van der Waals surface area contributed by atoms with Crippen molar-refractivity contribution in [1.82, 2.24) is 20.8 Å². The third-order valence-corrected chi connectivity index (χ3v) is 2.24. The Morgan fingerprint density at radius 3 is 2.60 bits per heavy atom. The summed E-state index contributed by atoms with van der Waals surface area (Å²) in [5.41, 5.74) is 4.57. The van der Waals surface area contributed by atoms with Crippen LogP contribution >= 0.6 is 0 Å². The van der Waals surface area contributed by atoms with E-state index in [0.717, 1.165) is 0 Å². The molecule has 2 rings (SSSR count). The van der Waals surface area contributed by atoms with E-state index < -0.39 is 11.9 Å². The second-order valence-corrected chi connectivity index (χ2v) is 3.64. The summed E-state index contributed by atoms with van der Waals surface area (Å²) < 4.78 is 0. The molecule has 1 aromatic heterocycles. The van der Waals surface area contributed by atoms with E-state index >= 15 is 0 Å². The van der Waals surface area contributed by atoms with Crippen molar-refractivity contribution in [3.8, 4) is 5.75 Å². The topological polar surface area (TPSA) is 116 Å². The average molecular weight is 273 g/mol. The van der Waals surface area contributed by atoms with E-state index in [0.29, 0.717) is 0 Å². The van der Waals surface area contributed by atoms with Crippen molar-refractivity contribution in [2.45, 2.75) is 0 Å². The van der Waals surface area contributed by atoms with Crippen LogP contribution in [0.2, 0.25) is 0 Å². The summed E-state index contributed by atoms with van der Waals surface area (Å²) in [6.07, 6.45) is 4.05. The van der Waals surface area contributed by atoms with Crippen molar-refractivity contribution < 1.29 is 14.7 Å². The highest BCUT2D eigenvalue weighted by Crippen LogP contribution is 2.20. The molecule has 0 radical (unpaired) electrons. The Hall–Kier alpha value is -3.16. The Bertz CT molecular complexity index is 617. The van der Waals surface area contributed by atoms with Gasteiger partial charge < -0.3 is 10.4 Å². The van der Waals surface area contributed by atoms with E-state index in [-0.39, 0.29) is 17.1 Å². The Kier molecular flexibility index (Phi) is 4.07. The summed E-state index contributed by atoms with van der Waals surface area (Å²) in [5, 5.41) is 11.8. The highest BCUT2D eigenvalue weighted by atomic mass is 16.3. The highest BCUT2D eigenvalue weighted by Gasteiger charge is 2.09. The molecule has 0 spiro atoms. The number of aromatic nitrogens is 2. The molecule has 2 aromatic rings. The van der Waals surface area contributed by atoms with Gasteiger partial charge in [0.25, 0.3) is 5.91 Å². The van der Waals surface area contributed by atoms with Crippen molar-refractivity contribution in [3.05, 3.63) is 48.5 Å². The molecule has 0 saturated carbocycles. The van der Waals surface area contributed by atoms with E-state index in [2.05, 4.69) is 26.1 Å². The number of aromatic hydroxyl groups is 1. The summed E-state index contributed by atoms with van der Waals surface area (Å²) in [6, 6.07) is 5.50. The Morgan fingerprint density at radius 1 is 1.10 bits per heavy atom. The van der Waals surface area contributed by atoms with Crippen LogP contribution in [-0.2, 0) is 0 Å². The van der Waals surface area contributed by atoms with E-state index in [1.807, 2.05) is 0 Å². The molecular weight excluding hydrogens is 262 g/mol. The van der Waals surface area contributed by atoms with Gasteiger partial charge >= 0.3 is 6.03 Å². The third-order valence-electron chi connectivity index (χ3n) is 2.24. The van der Waals surface area contributed by atoms with Gasteiger partial charge in [-0.15, -0.1) is 0 Å². The Labute approximate surface area is 113 Å². The minimum Gasteiger partial charge on any atom is -0.506 e. The lowest BCUT2D eigenvalue weighted by molar-refractivity contribution is 0.0932. The van der Waals surface area contributed by atoms with Crippen LogP contribution in [0.5, 0.6) is 5.75 Å². The zero-order chi connectivity index (χ0) is 14.4. The molecule has 8 heteroatoms. The summed E-state index contributed by atoms with van der Waals surface area (Å²) in [7, 11) is 0. The van der Waals surface area contributed by atoms with Crippen LogP contribution in [0.25, 0.3) is 0 Å². The maximum atomic E-state index is 11.6. The van der Waals surface area contributed by atoms with Gasteiger partial charge in [-0.1, -0.05) is 12.1 Å². The molecule has 1 aromatic carbocycles. The number of phenols is 1. The molecule has 0 fully saturated rings. The quantitative estimate of drug-likeness (QED) is 0.473. The predicted molar refractivity (Wildman–Crippen MR) is 69.8 cm³/mol. The molecule has 0 aliphatic rings. The largest absolute Gasteiger partial charge is 0.506 e. The van der Waals surface area contributed by atoms with E-state index in [1.54, 1.807) is 12.1 Å². The van der Waals surface area contributed by atoms with Crippen molar-refractivity contribution in [2.75, 3.05) is 5.32 Å². The van der Waals surface area contributed by atoms with E-state index in [1.165, 1.54) is 30.7 Å². The summed E-state index contributed by atoms with van der Waals surface area (Å²) in [6.45, 7) is 0. The first-order chi connectivity index (χ1) is 9.66. The Morgan fingerprint density at radius 2 is 1.90 bits per heavy atom. The van der Waals surface area contributed by atoms with Gasteiger partial charge in [0.2, 0.25) is 0 Å². The Balaban J connectivity index is 1.87. The SMILES string of the molecule is O=C(NNC(=O)c1cnccn1)Nc1ccccc1O. The summed E-state index contributed by atoms with van der Waals surface area (Å²) >= 11 is 0. The maximum absolute atomic E-state index is 11.6. The first-order valence-corrected chi connectivity index (χ1v) is 5.58. The summed E-state index contributed by atoms with van der Waals surface area (Å²) in [4.78, 5) is 30.6. The first-order valence-electron chi connectivity index (χ1n) is 5.58. The normalized spacial score (nSPS) is 9.60.